The molecule has 33 heavy (non-hydrogen) atoms. The minimum Gasteiger partial charge on any atom is -0.497 e. The zero-order valence-corrected chi connectivity index (χ0v) is 19.0. The second-order valence-corrected chi connectivity index (χ2v) is 7.84. The van der Waals surface area contributed by atoms with Crippen LogP contribution in [0.4, 0.5) is 14.9 Å². The highest BCUT2D eigenvalue weighted by molar-refractivity contribution is 5.92. The SMILES string of the molecule is COc1ccc(NC(=O)N(CC(=O)N(Cc2ccc(F)cc2)Cc2ccco2)C(C)C)cc1. The Balaban J connectivity index is 1.73. The number of rotatable bonds is 9. The molecule has 2 aromatic carbocycles. The molecule has 0 atom stereocenters. The number of hydrogen-bond donors (Lipinski definition) is 1. The topological polar surface area (TPSA) is 75.0 Å². The van der Waals surface area contributed by atoms with Gasteiger partial charge in [0.1, 0.15) is 23.9 Å². The number of halogens is 1. The van der Waals surface area contributed by atoms with Gasteiger partial charge in [-0.3, -0.25) is 4.79 Å². The average molecular weight is 454 g/mol. The Kier molecular flexibility index (Phi) is 8.07. The standard InChI is InChI=1S/C25H28FN3O4/c1-18(2)29(25(31)27-21-10-12-22(32-3)13-11-21)17-24(30)28(16-23-5-4-14-33-23)15-19-6-8-20(26)9-7-19/h4-14,18H,15-17H2,1-3H3,(H,27,31). The van der Waals surface area contributed by atoms with E-state index in [0.717, 1.165) is 5.56 Å². The monoisotopic (exact) mass is 453 g/mol. The van der Waals surface area contributed by atoms with Gasteiger partial charge < -0.3 is 24.3 Å². The molecule has 0 saturated carbocycles. The van der Waals surface area contributed by atoms with E-state index < -0.39 is 0 Å². The fraction of sp³-hybridized carbons (Fsp3) is 0.280. The molecule has 0 aliphatic heterocycles. The van der Waals surface area contributed by atoms with E-state index in [2.05, 4.69) is 5.32 Å². The summed E-state index contributed by atoms with van der Waals surface area (Å²) < 4.78 is 23.9. The molecule has 0 spiro atoms. The van der Waals surface area contributed by atoms with Crippen molar-refractivity contribution in [2.45, 2.75) is 33.0 Å². The Bertz CT molecular complexity index is 1030. The van der Waals surface area contributed by atoms with Crippen LogP contribution >= 0.6 is 0 Å². The first-order chi connectivity index (χ1) is 15.9. The van der Waals surface area contributed by atoms with Crippen molar-refractivity contribution < 1.29 is 23.1 Å². The van der Waals surface area contributed by atoms with Crippen LogP contribution in [-0.2, 0) is 17.9 Å². The molecule has 0 aliphatic carbocycles. The van der Waals surface area contributed by atoms with Gasteiger partial charge in [0.05, 0.1) is 19.9 Å². The van der Waals surface area contributed by atoms with Crippen molar-refractivity contribution >= 4 is 17.6 Å². The lowest BCUT2D eigenvalue weighted by Gasteiger charge is -2.30. The number of urea groups is 1. The van der Waals surface area contributed by atoms with E-state index in [-0.39, 0.29) is 43.4 Å². The second-order valence-electron chi connectivity index (χ2n) is 7.84. The van der Waals surface area contributed by atoms with E-state index in [1.807, 2.05) is 13.8 Å². The Morgan fingerprint density at radius 1 is 1.03 bits per heavy atom. The maximum absolute atomic E-state index is 13.3. The number of ether oxygens (including phenoxy) is 1. The van der Waals surface area contributed by atoms with Crippen LogP contribution in [0.1, 0.15) is 25.2 Å². The molecule has 0 aliphatic rings. The molecule has 3 amide bonds. The number of nitrogens with zero attached hydrogens (tertiary/aromatic N) is 2. The van der Waals surface area contributed by atoms with Crippen LogP contribution in [-0.4, -0.2) is 41.4 Å². The highest BCUT2D eigenvalue weighted by atomic mass is 19.1. The lowest BCUT2D eigenvalue weighted by atomic mass is 10.2. The maximum Gasteiger partial charge on any atom is 0.322 e. The molecule has 8 heteroatoms. The van der Waals surface area contributed by atoms with Gasteiger partial charge >= 0.3 is 6.03 Å². The fourth-order valence-electron chi connectivity index (χ4n) is 3.24. The molecular formula is C25H28FN3O4. The number of carbonyl (C=O) groups is 2. The second kappa shape index (κ2) is 11.2. The summed E-state index contributed by atoms with van der Waals surface area (Å²) in [6.45, 7) is 4.05. The molecule has 7 nitrogen and oxygen atoms in total. The molecule has 3 aromatic rings. The summed E-state index contributed by atoms with van der Waals surface area (Å²) in [4.78, 5) is 29.3. The van der Waals surface area contributed by atoms with Gasteiger partial charge in [-0.15, -0.1) is 0 Å². The first-order valence-corrected chi connectivity index (χ1v) is 10.6. The van der Waals surface area contributed by atoms with Crippen molar-refractivity contribution in [3.05, 3.63) is 84.1 Å². The van der Waals surface area contributed by atoms with Gasteiger partial charge in [0.25, 0.3) is 0 Å². The predicted molar refractivity (Wildman–Crippen MR) is 123 cm³/mol. The Morgan fingerprint density at radius 2 is 1.73 bits per heavy atom. The van der Waals surface area contributed by atoms with E-state index in [4.69, 9.17) is 9.15 Å². The number of amides is 3. The molecule has 1 N–H and O–H groups in total. The number of benzene rings is 2. The Labute approximate surface area is 192 Å². The minimum atomic E-state index is -0.386. The van der Waals surface area contributed by atoms with Crippen molar-refractivity contribution in [2.24, 2.45) is 0 Å². The summed E-state index contributed by atoms with van der Waals surface area (Å²) in [6.07, 6.45) is 1.54. The third-order valence-electron chi connectivity index (χ3n) is 5.10. The van der Waals surface area contributed by atoms with Crippen LogP contribution in [0, 0.1) is 5.82 Å². The van der Waals surface area contributed by atoms with E-state index in [1.54, 1.807) is 66.8 Å². The number of carbonyl (C=O) groups excluding carboxylic acids is 2. The molecule has 0 unspecified atom stereocenters. The molecule has 0 radical (unpaired) electrons. The van der Waals surface area contributed by atoms with Crippen LogP contribution in [0.3, 0.4) is 0 Å². The Morgan fingerprint density at radius 3 is 2.30 bits per heavy atom. The van der Waals surface area contributed by atoms with Crippen LogP contribution < -0.4 is 10.1 Å². The lowest BCUT2D eigenvalue weighted by molar-refractivity contribution is -0.133. The predicted octanol–water partition coefficient (Wildman–Crippen LogP) is 4.90. The highest BCUT2D eigenvalue weighted by Gasteiger charge is 2.24. The number of nitrogens with one attached hydrogen (secondary N) is 1. The average Bonchev–Trinajstić information content (AvgIpc) is 3.31. The normalized spacial score (nSPS) is 10.7. The van der Waals surface area contributed by atoms with Gasteiger partial charge in [0, 0.05) is 18.3 Å². The number of furan rings is 1. The summed E-state index contributed by atoms with van der Waals surface area (Å²) in [7, 11) is 1.57. The van der Waals surface area contributed by atoms with Gasteiger partial charge in [-0.25, -0.2) is 9.18 Å². The van der Waals surface area contributed by atoms with E-state index in [1.165, 1.54) is 17.0 Å². The van der Waals surface area contributed by atoms with Crippen molar-refractivity contribution in [3.63, 3.8) is 0 Å². The largest absolute Gasteiger partial charge is 0.497 e. The summed E-state index contributed by atoms with van der Waals surface area (Å²) in [5.74, 6) is 0.695. The van der Waals surface area contributed by atoms with E-state index in [9.17, 15) is 14.0 Å². The lowest BCUT2D eigenvalue weighted by Crippen LogP contribution is -2.47. The molecule has 0 fully saturated rings. The molecule has 1 heterocycles. The van der Waals surface area contributed by atoms with Crippen molar-refractivity contribution in [3.8, 4) is 5.75 Å². The molecule has 174 valence electrons. The van der Waals surface area contributed by atoms with Gasteiger partial charge in [-0.05, 0) is 67.9 Å². The van der Waals surface area contributed by atoms with Crippen LogP contribution in [0.25, 0.3) is 0 Å². The van der Waals surface area contributed by atoms with Gasteiger partial charge in [-0.1, -0.05) is 12.1 Å². The third-order valence-corrected chi connectivity index (χ3v) is 5.10. The zero-order chi connectivity index (χ0) is 23.8. The van der Waals surface area contributed by atoms with Gasteiger partial charge in [-0.2, -0.15) is 0 Å². The summed E-state index contributed by atoms with van der Waals surface area (Å²) in [5.41, 5.74) is 1.37. The summed E-state index contributed by atoms with van der Waals surface area (Å²) >= 11 is 0. The number of hydrogen-bond acceptors (Lipinski definition) is 4. The summed E-state index contributed by atoms with van der Waals surface area (Å²) in [5, 5.41) is 2.82. The molecule has 0 saturated heterocycles. The third kappa shape index (κ3) is 6.83. The molecule has 0 bridgehead atoms. The van der Waals surface area contributed by atoms with Crippen molar-refractivity contribution in [1.29, 1.82) is 0 Å². The first kappa shape index (κ1) is 23.8. The summed E-state index contributed by atoms with van der Waals surface area (Å²) in [6, 6.07) is 15.8. The molecule has 1 aromatic heterocycles. The fourth-order valence-corrected chi connectivity index (χ4v) is 3.24. The molecular weight excluding hydrogens is 425 g/mol. The Hall–Kier alpha value is -3.81. The first-order valence-electron chi connectivity index (χ1n) is 10.6. The van der Waals surface area contributed by atoms with Gasteiger partial charge in [0.2, 0.25) is 5.91 Å². The number of anilines is 1. The highest BCUT2D eigenvalue weighted by Crippen LogP contribution is 2.17. The van der Waals surface area contributed by atoms with E-state index in [0.29, 0.717) is 17.2 Å². The van der Waals surface area contributed by atoms with Gasteiger partial charge in [0.15, 0.2) is 0 Å². The van der Waals surface area contributed by atoms with Crippen LogP contribution in [0.5, 0.6) is 5.75 Å². The molecule has 3 rings (SSSR count). The number of methoxy groups -OCH3 is 1. The maximum atomic E-state index is 13.3. The van der Waals surface area contributed by atoms with Crippen molar-refractivity contribution in [2.75, 3.05) is 19.0 Å². The van der Waals surface area contributed by atoms with Crippen molar-refractivity contribution in [1.82, 2.24) is 9.80 Å². The smallest absolute Gasteiger partial charge is 0.322 e. The minimum absolute atomic E-state index is 0.123. The van der Waals surface area contributed by atoms with Crippen LogP contribution in [0.15, 0.2) is 71.3 Å². The van der Waals surface area contributed by atoms with E-state index >= 15 is 0 Å². The van der Waals surface area contributed by atoms with Crippen LogP contribution in [0.2, 0.25) is 0 Å². The zero-order valence-electron chi connectivity index (χ0n) is 19.0. The quantitative estimate of drug-likeness (QED) is 0.500.